The van der Waals surface area contributed by atoms with E-state index in [1.54, 1.807) is 79.1 Å². The summed E-state index contributed by atoms with van der Waals surface area (Å²) >= 11 is 0. The van der Waals surface area contributed by atoms with Crippen LogP contribution in [0.15, 0.2) is 42.4 Å². The number of cyclic esters (lactones) is 1. The van der Waals surface area contributed by atoms with Crippen molar-refractivity contribution >= 4 is 11.9 Å². The quantitative estimate of drug-likeness (QED) is 0.193. The maximum absolute atomic E-state index is 15.0. The molecule has 3 saturated heterocycles. The van der Waals surface area contributed by atoms with E-state index >= 15 is 0 Å². The highest BCUT2D eigenvalue weighted by Gasteiger charge is 2.51. The van der Waals surface area contributed by atoms with Crippen LogP contribution in [0.1, 0.15) is 129 Å². The van der Waals surface area contributed by atoms with E-state index in [-0.39, 0.29) is 49.4 Å². The molecular weight excluding hydrogens is 988 g/mol. The number of aliphatic hydroxyl groups is 3. The van der Waals surface area contributed by atoms with Gasteiger partial charge in [0.2, 0.25) is 0 Å². The van der Waals surface area contributed by atoms with E-state index in [1.165, 1.54) is 37.0 Å². The van der Waals surface area contributed by atoms with Gasteiger partial charge in [-0.25, -0.2) is 19.7 Å². The zero-order valence-electron chi connectivity index (χ0n) is 47.3. The molecule has 1 aromatic heterocycles. The number of nitrogens with zero attached hydrogens (tertiary/aromatic N) is 6. The van der Waals surface area contributed by atoms with Gasteiger partial charge in [0, 0.05) is 84.0 Å². The second-order valence-electron chi connectivity index (χ2n) is 22.6. The van der Waals surface area contributed by atoms with Crippen LogP contribution < -0.4 is 11.2 Å². The van der Waals surface area contributed by atoms with Gasteiger partial charge in [-0.15, -0.1) is 5.10 Å². The van der Waals surface area contributed by atoms with Gasteiger partial charge in [0.25, 0.3) is 0 Å². The van der Waals surface area contributed by atoms with Gasteiger partial charge in [-0.2, -0.15) is 0 Å². The third-order valence-corrected chi connectivity index (χ3v) is 16.7. The van der Waals surface area contributed by atoms with Crippen molar-refractivity contribution in [2.24, 2.45) is 17.7 Å². The van der Waals surface area contributed by atoms with E-state index < -0.39 is 109 Å². The molecule has 0 amide bonds. The Morgan fingerprint density at radius 2 is 1.64 bits per heavy atom. The van der Waals surface area contributed by atoms with Crippen molar-refractivity contribution in [2.45, 2.75) is 204 Å². The molecule has 0 aliphatic carbocycles. The SMILES string of the molecule is CC[C@H]1OC(=O)[C@H](C)[C@@H](O[C@H]2C[C@@](C)(OC)[C@@H](O)[C@H](C)O2)C[C@H]2O[C@H]3C[C@H](C[C@@H](C)O3)N(C)CC/C(NC)=C/N(N)[C@H](CF)[C@H](OC)c3ccc(cc3)-n3cc(nn3)C(=O)O[C@]2(C)C[C@@H](C)CN(C)[C@H](C)[C@@H](O)[C@]1(C)O. The summed E-state index contributed by atoms with van der Waals surface area (Å²) < 4.78 is 68.1. The third-order valence-electron chi connectivity index (χ3n) is 16.7. The summed E-state index contributed by atoms with van der Waals surface area (Å²) in [6, 6.07) is 5.49. The van der Waals surface area contributed by atoms with Crippen molar-refractivity contribution in [1.29, 1.82) is 0 Å². The zero-order chi connectivity index (χ0) is 56.0. The lowest BCUT2D eigenvalue weighted by atomic mass is 9.82. The van der Waals surface area contributed by atoms with Crippen LogP contribution in [0.25, 0.3) is 5.69 Å². The molecule has 6 bridgehead atoms. The van der Waals surface area contributed by atoms with E-state index in [2.05, 4.69) is 20.5 Å². The predicted octanol–water partition coefficient (Wildman–Crippen LogP) is 4.17. The lowest BCUT2D eigenvalue weighted by Crippen LogP contribution is -2.59. The number of fused-ring (bicyclic) bond motifs is 9. The van der Waals surface area contributed by atoms with Crippen molar-refractivity contribution in [3.63, 3.8) is 0 Å². The van der Waals surface area contributed by atoms with Gasteiger partial charge in [0.05, 0.1) is 41.7 Å². The Kier molecular flexibility index (Phi) is 20.9. The number of ether oxygens (including phenoxy) is 8. The Hall–Kier alpha value is -3.91. The topological polar surface area (TPSA) is 247 Å². The number of rotatable bonds is 7. The average molecular weight is 1080 g/mol. The highest BCUT2D eigenvalue weighted by atomic mass is 19.1. The van der Waals surface area contributed by atoms with Crippen LogP contribution in [-0.2, 0) is 42.7 Å². The van der Waals surface area contributed by atoms with Gasteiger partial charge >= 0.3 is 11.9 Å². The number of carbonyl (C=O) groups excluding carboxylic acids is 2. The summed E-state index contributed by atoms with van der Waals surface area (Å²) in [4.78, 5) is 33.7. The number of alkyl halides is 1. The number of methoxy groups -OCH3 is 2. The normalized spacial score (nSPS) is 40.4. The molecule has 3 fully saturated rings. The maximum atomic E-state index is 15.0. The van der Waals surface area contributed by atoms with E-state index in [1.807, 2.05) is 32.8 Å². The number of benzene rings is 1. The molecule has 5 aliphatic rings. The minimum Gasteiger partial charge on any atom is -0.459 e. The Bertz CT molecular complexity index is 2230. The first kappa shape index (κ1) is 61.3. The van der Waals surface area contributed by atoms with Crippen LogP contribution in [0.2, 0.25) is 0 Å². The average Bonchev–Trinajstić information content (AvgIpc) is 3.88. The molecule has 6 N–H and O–H groups in total. The molecule has 21 nitrogen and oxygen atoms in total. The number of nitrogens with two attached hydrogens (primary N) is 1. The fourth-order valence-electron chi connectivity index (χ4n) is 11.5. The molecule has 430 valence electrons. The maximum Gasteiger partial charge on any atom is 0.361 e. The first-order valence-electron chi connectivity index (χ1n) is 26.9. The van der Waals surface area contributed by atoms with E-state index in [9.17, 15) is 29.3 Å². The van der Waals surface area contributed by atoms with Gasteiger partial charge in [0.15, 0.2) is 18.3 Å². The van der Waals surface area contributed by atoms with E-state index in [4.69, 9.17) is 43.7 Å². The van der Waals surface area contributed by atoms with Gasteiger partial charge in [-0.05, 0) is 105 Å². The first-order valence-corrected chi connectivity index (χ1v) is 26.9. The Labute approximate surface area is 448 Å². The molecule has 2 aromatic rings. The monoisotopic (exact) mass is 1080 g/mol. The van der Waals surface area contributed by atoms with Crippen molar-refractivity contribution in [3.8, 4) is 5.69 Å². The van der Waals surface area contributed by atoms with Crippen molar-refractivity contribution in [1.82, 2.24) is 35.1 Å². The molecule has 0 unspecified atom stereocenters. The van der Waals surface area contributed by atoms with Crippen LogP contribution in [0.5, 0.6) is 0 Å². The summed E-state index contributed by atoms with van der Waals surface area (Å²) in [5, 5.41) is 48.3. The van der Waals surface area contributed by atoms with Gasteiger partial charge < -0.3 is 73.3 Å². The number of halogens is 1. The minimum atomic E-state index is -1.88. The number of likely N-dealkylation sites (N-methyl/N-ethyl adjacent to an activating group) is 1. The molecule has 1 aromatic carbocycles. The Balaban J connectivity index is 1.51. The number of esters is 2. The second-order valence-corrected chi connectivity index (χ2v) is 22.6. The number of aromatic nitrogens is 3. The number of carbonyl (C=O) groups is 2. The Morgan fingerprint density at radius 1 is 0.947 bits per heavy atom. The molecule has 6 heterocycles. The molecule has 0 radical (unpaired) electrons. The van der Waals surface area contributed by atoms with Crippen LogP contribution in [0.3, 0.4) is 0 Å². The lowest BCUT2D eigenvalue weighted by molar-refractivity contribution is -0.299. The highest BCUT2D eigenvalue weighted by Crippen LogP contribution is 2.40. The number of hydrogen-bond donors (Lipinski definition) is 5. The Morgan fingerprint density at radius 3 is 2.28 bits per heavy atom. The van der Waals surface area contributed by atoms with Crippen molar-refractivity contribution in [2.75, 3.05) is 55.1 Å². The fraction of sp³-hybridized carbons (Fsp3) is 0.778. The van der Waals surface area contributed by atoms with Gasteiger partial charge in [-0.3, -0.25) is 4.79 Å². The first-order chi connectivity index (χ1) is 35.8. The van der Waals surface area contributed by atoms with E-state index in [0.29, 0.717) is 43.6 Å². The molecule has 76 heavy (non-hydrogen) atoms. The van der Waals surface area contributed by atoms with Crippen LogP contribution in [0, 0.1) is 11.8 Å². The minimum absolute atomic E-state index is 0.0664. The van der Waals surface area contributed by atoms with Crippen LogP contribution >= 0.6 is 0 Å². The number of nitrogens with one attached hydrogen (secondary N) is 1. The number of aliphatic hydroxyl groups excluding tert-OH is 2. The molecular formula is C54H89FN8O13. The standard InChI is InChI=1S/C54H89FN8O13/c1-15-43-54(9,68)48(64)34(5)61(12)28-31(2)25-52(7)44(24-42(33(4)50(66)75-43)73-46-26-53(8,70-14)49(65)35(6)72-46)74-45-23-39(22-32(3)71-45)60(11)21-20-37(57-10)29-62(56)41(27-55)47(69-13)36-16-18-38(19-17-36)63-30-40(58-59-63)51(67)76-52/h16-19,29-35,39,41-49,57,64-65,68H,15,20-28,56H2,1-14H3/b37-29-/t31-,32-,33-,34-,35+,39+,41-,42+,43-,44-,45+,46+,47-,48-,49+,52-,53-,54-/m1/s1. The summed E-state index contributed by atoms with van der Waals surface area (Å²) in [5.74, 6) is 3.72. The fourth-order valence-corrected chi connectivity index (χ4v) is 11.5. The molecule has 18 atom stereocenters. The third kappa shape index (κ3) is 14.1. The van der Waals surface area contributed by atoms with Crippen LogP contribution in [-0.4, -0.2) is 202 Å². The summed E-state index contributed by atoms with van der Waals surface area (Å²) in [5.41, 5.74) is -2.64. The molecule has 22 heteroatoms. The van der Waals surface area contributed by atoms with Crippen molar-refractivity contribution < 1.29 is 67.2 Å². The highest BCUT2D eigenvalue weighted by molar-refractivity contribution is 5.87. The molecule has 5 aliphatic heterocycles. The summed E-state index contributed by atoms with van der Waals surface area (Å²) in [6.45, 7) is 16.1. The molecule has 0 saturated carbocycles. The molecule has 7 rings (SSSR count). The smallest absolute Gasteiger partial charge is 0.361 e. The van der Waals surface area contributed by atoms with Crippen LogP contribution in [0.4, 0.5) is 4.39 Å². The predicted molar refractivity (Wildman–Crippen MR) is 279 cm³/mol. The lowest BCUT2D eigenvalue weighted by Gasteiger charge is -2.47. The molecule has 0 spiro atoms. The van der Waals surface area contributed by atoms with Crippen molar-refractivity contribution in [3.05, 3.63) is 53.6 Å². The van der Waals surface area contributed by atoms with E-state index in [0.717, 1.165) is 5.70 Å². The summed E-state index contributed by atoms with van der Waals surface area (Å²) in [7, 11) is 8.67. The largest absolute Gasteiger partial charge is 0.459 e. The zero-order valence-corrected chi connectivity index (χ0v) is 47.3. The number of hydrazine groups is 1. The van der Waals surface area contributed by atoms with Gasteiger partial charge in [-0.1, -0.05) is 31.2 Å². The number of hydrogen-bond acceptors (Lipinski definition) is 20. The second kappa shape index (κ2) is 25.9. The summed E-state index contributed by atoms with van der Waals surface area (Å²) in [6.07, 6.45) is -4.20. The van der Waals surface area contributed by atoms with Gasteiger partial charge in [0.1, 0.15) is 54.4 Å².